The molecule has 4 N–H and O–H groups in total. The van der Waals surface area contributed by atoms with Crippen molar-refractivity contribution < 1.29 is 19.3 Å². The number of nitrogens with one attached hydrogen (secondary N) is 2. The summed E-state index contributed by atoms with van der Waals surface area (Å²) in [5.41, 5.74) is 2.81. The summed E-state index contributed by atoms with van der Waals surface area (Å²) < 4.78 is 19.8. The lowest BCUT2D eigenvalue weighted by molar-refractivity contribution is -0.128. The van der Waals surface area contributed by atoms with E-state index >= 15 is 0 Å². The number of nitrogens with zero attached hydrogens (tertiary/aromatic N) is 3. The summed E-state index contributed by atoms with van der Waals surface area (Å²) in [5.74, 6) is 0. The monoisotopic (exact) mass is 288 g/mol. The van der Waals surface area contributed by atoms with Crippen molar-refractivity contribution in [1.82, 2.24) is 14.5 Å². The Hall–Kier alpha value is -2.20. The number of hydrogen-bond acceptors (Lipinski definition) is 7. The molecule has 1 saturated heterocycles. The Balaban J connectivity index is 2.47. The van der Waals surface area contributed by atoms with Crippen LogP contribution >= 0.6 is 0 Å². The first-order chi connectivity index (χ1) is 9.45. The molecule has 0 bridgehead atoms. The highest BCUT2D eigenvalue weighted by atomic mass is 19.1. The van der Waals surface area contributed by atoms with Crippen LogP contribution in [0.1, 0.15) is 6.23 Å². The molecule has 0 aromatic carbocycles. The van der Waals surface area contributed by atoms with E-state index in [0.29, 0.717) is 4.57 Å². The largest absolute Gasteiger partial charge is 0.391 e. The third kappa shape index (κ3) is 2.08. The maximum atomic E-state index is 14.1. The van der Waals surface area contributed by atoms with Crippen molar-refractivity contribution in [1.29, 1.82) is 5.53 Å². The van der Waals surface area contributed by atoms with Crippen LogP contribution in [0.2, 0.25) is 0 Å². The number of aliphatic hydroxyl groups excluding tert-OH is 2. The molecular formula is C9H11FN5O5+. The smallest absolute Gasteiger partial charge is 0.330 e. The van der Waals surface area contributed by atoms with Crippen molar-refractivity contribution in [2.75, 3.05) is 6.61 Å². The summed E-state index contributed by atoms with van der Waals surface area (Å²) in [4.78, 5) is 27.0. The Morgan fingerprint density at radius 1 is 1.65 bits per heavy atom. The van der Waals surface area contributed by atoms with E-state index in [-0.39, 0.29) is 0 Å². The molecule has 108 valence electrons. The molecule has 0 saturated carbocycles. The average Bonchev–Trinajstić information content (AvgIpc) is 2.65. The van der Waals surface area contributed by atoms with E-state index in [9.17, 15) is 24.2 Å². The Morgan fingerprint density at radius 3 is 2.90 bits per heavy atom. The number of aromatic nitrogens is 2. The summed E-state index contributed by atoms with van der Waals surface area (Å²) in [6.07, 6.45) is -4.68. The van der Waals surface area contributed by atoms with Gasteiger partial charge >= 0.3 is 5.69 Å². The third-order valence-corrected chi connectivity index (χ3v) is 2.93. The van der Waals surface area contributed by atoms with Gasteiger partial charge in [0.05, 0.1) is 0 Å². The first-order valence-corrected chi connectivity index (χ1v) is 5.46. The third-order valence-electron chi connectivity index (χ3n) is 2.93. The van der Waals surface area contributed by atoms with Crippen LogP contribution < -0.4 is 16.2 Å². The van der Waals surface area contributed by atoms with Gasteiger partial charge in [-0.2, -0.15) is 0 Å². The van der Waals surface area contributed by atoms with Gasteiger partial charge in [0.1, 0.15) is 18.2 Å². The number of alkyl halides is 1. The topological polar surface area (TPSA) is 155 Å². The second kappa shape index (κ2) is 5.06. The molecular weight excluding hydrogens is 277 g/mol. The van der Waals surface area contributed by atoms with E-state index < -0.39 is 42.1 Å². The molecule has 1 aliphatic rings. The number of hydrogen-bond donors (Lipinski definition) is 4. The van der Waals surface area contributed by atoms with E-state index in [1.165, 1.54) is 0 Å². The van der Waals surface area contributed by atoms with Gasteiger partial charge in [0.2, 0.25) is 4.91 Å². The maximum absolute atomic E-state index is 14.1. The standard InChI is InChI=1S/C9H10FN5O5/c10-5-6(18)9(3-16,13-14-11)20-7(5)15-2-1-4(17)12-8(15)19/h1-2,5-7,11,16,18H,3H2/p+1/t5-,6-,7+,9+/m0/s1. The molecule has 1 aromatic rings. The summed E-state index contributed by atoms with van der Waals surface area (Å²) >= 11 is 0. The molecule has 0 spiro atoms. The van der Waals surface area contributed by atoms with Crippen LogP contribution in [-0.4, -0.2) is 44.4 Å². The lowest BCUT2D eigenvalue weighted by Gasteiger charge is -2.17. The molecule has 0 aliphatic carbocycles. The van der Waals surface area contributed by atoms with Gasteiger partial charge in [0.15, 0.2) is 17.5 Å². The SMILES string of the molecule is N=[N+]=N[C@]1(CO)O[C@@H](n2ccc(=O)[nH]c2=O)[C@@H](F)[C@@H]1O. The predicted molar refractivity (Wildman–Crippen MR) is 59.4 cm³/mol. The summed E-state index contributed by atoms with van der Waals surface area (Å²) in [6, 6.07) is 0.967. The summed E-state index contributed by atoms with van der Waals surface area (Å²) in [5, 5.41) is 22.1. The van der Waals surface area contributed by atoms with Crippen molar-refractivity contribution >= 4 is 0 Å². The molecule has 1 aromatic heterocycles. The number of H-pyrrole nitrogens is 1. The van der Waals surface area contributed by atoms with E-state index in [2.05, 4.69) is 10.0 Å². The molecule has 10 nitrogen and oxygen atoms in total. The lowest BCUT2D eigenvalue weighted by atomic mass is 10.1. The Morgan fingerprint density at radius 2 is 2.35 bits per heavy atom. The van der Waals surface area contributed by atoms with Crippen molar-refractivity contribution in [3.8, 4) is 0 Å². The van der Waals surface area contributed by atoms with Gasteiger partial charge in [-0.3, -0.25) is 14.3 Å². The van der Waals surface area contributed by atoms with Crippen LogP contribution in [0.15, 0.2) is 27.0 Å². The summed E-state index contributed by atoms with van der Waals surface area (Å²) in [7, 11) is 0. The molecule has 2 rings (SSSR count). The Labute approximate surface area is 109 Å². The van der Waals surface area contributed by atoms with Gasteiger partial charge < -0.3 is 14.9 Å². The van der Waals surface area contributed by atoms with Gasteiger partial charge in [0.25, 0.3) is 11.3 Å². The van der Waals surface area contributed by atoms with Crippen LogP contribution in [0.25, 0.3) is 0 Å². The zero-order valence-electron chi connectivity index (χ0n) is 9.93. The van der Waals surface area contributed by atoms with Gasteiger partial charge in [-0.25, -0.2) is 9.18 Å². The van der Waals surface area contributed by atoms with E-state index in [0.717, 1.165) is 12.3 Å². The highest BCUT2D eigenvalue weighted by Crippen LogP contribution is 2.38. The molecule has 0 amide bonds. The van der Waals surface area contributed by atoms with Crippen molar-refractivity contribution in [3.63, 3.8) is 0 Å². The molecule has 1 aliphatic heterocycles. The van der Waals surface area contributed by atoms with Gasteiger partial charge in [-0.1, -0.05) is 0 Å². The average molecular weight is 288 g/mol. The van der Waals surface area contributed by atoms with Crippen LogP contribution in [0.5, 0.6) is 0 Å². The van der Waals surface area contributed by atoms with Gasteiger partial charge in [-0.05, 0) is 0 Å². The van der Waals surface area contributed by atoms with Crippen molar-refractivity contribution in [2.45, 2.75) is 24.2 Å². The van der Waals surface area contributed by atoms with Gasteiger partial charge in [0, 0.05) is 12.3 Å². The zero-order valence-corrected chi connectivity index (χ0v) is 9.93. The number of ether oxygens (including phenoxy) is 1. The predicted octanol–water partition coefficient (Wildman–Crippen LogP) is -2.00. The molecule has 11 heteroatoms. The second-order valence-corrected chi connectivity index (χ2v) is 4.12. The van der Waals surface area contributed by atoms with Gasteiger partial charge in [-0.15, -0.1) is 0 Å². The highest BCUT2D eigenvalue weighted by molar-refractivity contribution is 5.00. The normalized spacial score (nSPS) is 32.9. The van der Waals surface area contributed by atoms with E-state index in [4.69, 9.17) is 10.3 Å². The fourth-order valence-corrected chi connectivity index (χ4v) is 1.92. The van der Waals surface area contributed by atoms with E-state index in [1.54, 1.807) is 0 Å². The lowest BCUT2D eigenvalue weighted by Crippen LogP contribution is -2.43. The molecule has 20 heavy (non-hydrogen) atoms. The number of rotatable bonds is 3. The zero-order chi connectivity index (χ0) is 14.9. The molecule has 0 unspecified atom stereocenters. The maximum Gasteiger partial charge on any atom is 0.330 e. The quantitative estimate of drug-likeness (QED) is 0.374. The van der Waals surface area contributed by atoms with Crippen LogP contribution in [0.3, 0.4) is 0 Å². The first kappa shape index (κ1) is 14.2. The fraction of sp³-hybridized carbons (Fsp3) is 0.556. The minimum atomic E-state index is -2.17. The minimum Gasteiger partial charge on any atom is -0.391 e. The van der Waals surface area contributed by atoms with Crippen molar-refractivity contribution in [2.24, 2.45) is 5.11 Å². The highest BCUT2D eigenvalue weighted by Gasteiger charge is 2.60. The molecule has 0 radical (unpaired) electrons. The summed E-state index contributed by atoms with van der Waals surface area (Å²) in [6.45, 7) is -0.939. The number of aliphatic hydroxyl groups is 2. The first-order valence-electron chi connectivity index (χ1n) is 5.46. The number of aromatic amines is 1. The van der Waals surface area contributed by atoms with Crippen LogP contribution in [0.4, 0.5) is 4.39 Å². The molecule has 2 heterocycles. The molecule has 4 atom stereocenters. The minimum absolute atomic E-state index is 0.681. The Bertz CT molecular complexity index is 667. The van der Waals surface area contributed by atoms with Crippen molar-refractivity contribution in [3.05, 3.63) is 33.1 Å². The van der Waals surface area contributed by atoms with Crippen LogP contribution in [0, 0.1) is 5.53 Å². The number of halogens is 1. The van der Waals surface area contributed by atoms with E-state index in [1.807, 2.05) is 4.98 Å². The second-order valence-electron chi connectivity index (χ2n) is 4.12. The molecule has 1 fully saturated rings. The Kier molecular flexibility index (Phi) is 3.59. The fourth-order valence-electron chi connectivity index (χ4n) is 1.92. The van der Waals surface area contributed by atoms with Crippen LogP contribution in [-0.2, 0) is 4.74 Å².